The molecule has 5 N–H and O–H groups in total. The van der Waals surface area contributed by atoms with Gasteiger partial charge < -0.3 is 35.0 Å². The molecule has 0 aromatic carbocycles. The van der Waals surface area contributed by atoms with Gasteiger partial charge in [0, 0.05) is 31.3 Å². The van der Waals surface area contributed by atoms with Gasteiger partial charge in [0.2, 0.25) is 0 Å². The van der Waals surface area contributed by atoms with Crippen LogP contribution in [0.4, 0.5) is 0 Å². The van der Waals surface area contributed by atoms with Crippen molar-refractivity contribution in [2.45, 2.75) is 170 Å². The second-order valence-electron chi connectivity index (χ2n) is 16.0. The van der Waals surface area contributed by atoms with Crippen LogP contribution in [-0.4, -0.2) is 80.2 Å². The highest BCUT2D eigenvalue weighted by Gasteiger charge is 2.26. The molecule has 0 aromatic rings. The SMILES string of the molecule is CC(/C=C/C(=O)O[C@H]1CCCC(=O)O[C@@H]([C@@H](C)C/C(C)=C/[C@@H](C)[C@H](O)C[C@@H](C)O)C/C=C(\C)C[C@@H]1C)=C\[C@@H](C)C/C=C/C(C)=C/[C@H](O)[C@@H](O)C[C@H](C)O. The van der Waals surface area contributed by atoms with E-state index in [9.17, 15) is 35.1 Å². The first-order valence-electron chi connectivity index (χ1n) is 19.6. The van der Waals surface area contributed by atoms with Gasteiger partial charge in [0.1, 0.15) is 12.2 Å². The van der Waals surface area contributed by atoms with Crippen molar-refractivity contribution < 1.29 is 44.6 Å². The molecule has 1 heterocycles. The Morgan fingerprint density at radius 3 is 2.17 bits per heavy atom. The van der Waals surface area contributed by atoms with Crippen LogP contribution >= 0.6 is 0 Å². The lowest BCUT2D eigenvalue weighted by molar-refractivity contribution is -0.152. The summed E-state index contributed by atoms with van der Waals surface area (Å²) < 4.78 is 11.9. The van der Waals surface area contributed by atoms with Gasteiger partial charge in [0.15, 0.2) is 0 Å². The maximum absolute atomic E-state index is 13.0. The van der Waals surface area contributed by atoms with Crippen LogP contribution in [0, 0.1) is 23.7 Å². The molecule has 0 fully saturated rings. The average Bonchev–Trinajstić information content (AvgIpc) is 3.03. The molecule has 1 aliphatic heterocycles. The van der Waals surface area contributed by atoms with Gasteiger partial charge >= 0.3 is 11.9 Å². The maximum atomic E-state index is 13.0. The summed E-state index contributed by atoms with van der Waals surface area (Å²) in [7, 11) is 0. The Morgan fingerprint density at radius 2 is 1.53 bits per heavy atom. The lowest BCUT2D eigenvalue weighted by Gasteiger charge is -2.27. The molecule has 0 amide bonds. The molecule has 0 bridgehead atoms. The van der Waals surface area contributed by atoms with Gasteiger partial charge in [-0.1, -0.05) is 92.5 Å². The summed E-state index contributed by atoms with van der Waals surface area (Å²) in [5, 5.41) is 49.5. The van der Waals surface area contributed by atoms with Crippen molar-refractivity contribution in [3.8, 4) is 0 Å². The maximum Gasteiger partial charge on any atom is 0.331 e. The lowest BCUT2D eigenvalue weighted by atomic mass is 9.89. The molecule has 302 valence electrons. The molecular formula is C44H72O9. The summed E-state index contributed by atoms with van der Waals surface area (Å²) >= 11 is 0. The molecule has 0 saturated carbocycles. The van der Waals surface area contributed by atoms with Crippen molar-refractivity contribution in [1.82, 2.24) is 0 Å². The molecule has 9 heteroatoms. The second-order valence-corrected chi connectivity index (χ2v) is 16.0. The van der Waals surface area contributed by atoms with E-state index in [0.717, 1.165) is 41.6 Å². The molecule has 0 aromatic heterocycles. The first kappa shape index (κ1) is 48.2. The first-order chi connectivity index (χ1) is 24.8. The van der Waals surface area contributed by atoms with Crippen molar-refractivity contribution in [2.24, 2.45) is 23.7 Å². The third-order valence-corrected chi connectivity index (χ3v) is 9.74. The lowest BCUT2D eigenvalue weighted by Crippen LogP contribution is -2.28. The molecular weight excluding hydrogens is 672 g/mol. The summed E-state index contributed by atoms with van der Waals surface area (Å²) in [4.78, 5) is 25.9. The number of allylic oxidation sites excluding steroid dienone is 8. The summed E-state index contributed by atoms with van der Waals surface area (Å²) in [6.45, 7) is 19.3. The third-order valence-electron chi connectivity index (χ3n) is 9.74. The fourth-order valence-corrected chi connectivity index (χ4v) is 6.76. The molecule has 0 unspecified atom stereocenters. The fourth-order valence-electron chi connectivity index (χ4n) is 6.76. The van der Waals surface area contributed by atoms with E-state index in [2.05, 4.69) is 39.8 Å². The van der Waals surface area contributed by atoms with Crippen LogP contribution in [0.3, 0.4) is 0 Å². The van der Waals surface area contributed by atoms with E-state index in [1.54, 1.807) is 26.0 Å². The largest absolute Gasteiger partial charge is 0.462 e. The van der Waals surface area contributed by atoms with Gasteiger partial charge in [-0.05, 0) is 97.8 Å². The molecule has 9 nitrogen and oxygen atoms in total. The summed E-state index contributed by atoms with van der Waals surface area (Å²) in [5.41, 5.74) is 4.01. The van der Waals surface area contributed by atoms with Crippen molar-refractivity contribution in [2.75, 3.05) is 0 Å². The van der Waals surface area contributed by atoms with E-state index in [1.165, 1.54) is 6.08 Å². The molecule has 1 aliphatic rings. The smallest absolute Gasteiger partial charge is 0.331 e. The van der Waals surface area contributed by atoms with E-state index in [-0.39, 0.29) is 54.7 Å². The minimum Gasteiger partial charge on any atom is -0.462 e. The highest BCUT2D eigenvalue weighted by molar-refractivity contribution is 5.82. The molecule has 0 saturated heterocycles. The zero-order chi connectivity index (χ0) is 40.2. The molecule has 0 aliphatic carbocycles. The normalized spacial score (nSPS) is 25.9. The number of carbonyl (C=O) groups is 2. The second kappa shape index (κ2) is 25.3. The number of esters is 2. The van der Waals surface area contributed by atoms with Crippen LogP contribution in [0.25, 0.3) is 0 Å². The number of cyclic esters (lactones) is 1. The number of rotatable bonds is 18. The molecule has 11 atom stereocenters. The highest BCUT2D eigenvalue weighted by atomic mass is 16.5. The van der Waals surface area contributed by atoms with Gasteiger partial charge in [0.25, 0.3) is 0 Å². The Bertz CT molecular complexity index is 1290. The van der Waals surface area contributed by atoms with Crippen molar-refractivity contribution in [3.05, 3.63) is 70.9 Å². The Labute approximate surface area is 320 Å². The van der Waals surface area contributed by atoms with Crippen LogP contribution in [0.5, 0.6) is 0 Å². The standard InChI is InChI=1S/C44H72O9/c1-28(13-11-14-29(2)25-39(48)40(49)27-37(10)46)21-30(3)18-20-44(51)52-41-15-12-16-43(50)53-42(19-17-31(4)22-34(41)7)35(8)24-32(5)23-33(6)38(47)26-36(9)45/h11,14,17-18,20-21,23,25,28,33-42,45-49H,12-13,15-16,19,22,24,26-27H2,1-10H3/b14-11+,20-18+,29-25+,30-21+,31-17+,32-23+/t28-,33+,34-,35-,36+,37-,38+,39-,40-,41-,42+/m0/s1. The summed E-state index contributed by atoms with van der Waals surface area (Å²) in [5.74, 6) is -0.426. The van der Waals surface area contributed by atoms with Gasteiger partial charge in [-0.3, -0.25) is 4.79 Å². The van der Waals surface area contributed by atoms with Crippen LogP contribution < -0.4 is 0 Å². The summed E-state index contributed by atoms with van der Waals surface area (Å²) in [6.07, 6.45) is 15.0. The zero-order valence-electron chi connectivity index (χ0n) is 34.2. The van der Waals surface area contributed by atoms with Crippen LogP contribution in [0.2, 0.25) is 0 Å². The number of hydrogen-bond acceptors (Lipinski definition) is 9. The number of ether oxygens (including phenoxy) is 2. The summed E-state index contributed by atoms with van der Waals surface area (Å²) in [6, 6.07) is 0. The van der Waals surface area contributed by atoms with E-state index in [1.807, 2.05) is 45.9 Å². The minimum absolute atomic E-state index is 0.0678. The van der Waals surface area contributed by atoms with Crippen LogP contribution in [0.15, 0.2) is 70.9 Å². The number of aliphatic hydroxyl groups excluding tert-OH is 5. The average molecular weight is 745 g/mol. The molecule has 0 spiro atoms. The Kier molecular flexibility index (Phi) is 23.0. The van der Waals surface area contributed by atoms with E-state index >= 15 is 0 Å². The van der Waals surface area contributed by atoms with Crippen LogP contribution in [0.1, 0.15) is 127 Å². The molecule has 1 rings (SSSR count). The Balaban J connectivity index is 2.81. The van der Waals surface area contributed by atoms with Gasteiger partial charge in [-0.15, -0.1) is 0 Å². The first-order valence-corrected chi connectivity index (χ1v) is 19.6. The minimum atomic E-state index is -1.05. The number of carbonyl (C=O) groups excluding carboxylic acids is 2. The molecule has 53 heavy (non-hydrogen) atoms. The number of aliphatic hydroxyl groups is 5. The third kappa shape index (κ3) is 21.6. The topological polar surface area (TPSA) is 154 Å². The van der Waals surface area contributed by atoms with Crippen molar-refractivity contribution in [1.29, 1.82) is 0 Å². The fraction of sp³-hybridized carbons (Fsp3) is 0.682. The van der Waals surface area contributed by atoms with Crippen molar-refractivity contribution in [3.63, 3.8) is 0 Å². The molecule has 0 radical (unpaired) electrons. The van der Waals surface area contributed by atoms with E-state index < -0.39 is 36.5 Å². The van der Waals surface area contributed by atoms with Crippen molar-refractivity contribution >= 4 is 11.9 Å². The predicted molar refractivity (Wildman–Crippen MR) is 213 cm³/mol. The van der Waals surface area contributed by atoms with Gasteiger partial charge in [-0.25, -0.2) is 4.79 Å². The zero-order valence-corrected chi connectivity index (χ0v) is 34.2. The van der Waals surface area contributed by atoms with E-state index in [4.69, 9.17) is 9.47 Å². The Hall–Kier alpha value is -2.82. The van der Waals surface area contributed by atoms with Gasteiger partial charge in [0.05, 0.1) is 30.5 Å². The Morgan fingerprint density at radius 1 is 0.906 bits per heavy atom. The predicted octanol–water partition coefficient (Wildman–Crippen LogP) is 7.62. The quantitative estimate of drug-likeness (QED) is 0.0413. The van der Waals surface area contributed by atoms with Crippen LogP contribution in [-0.2, 0) is 19.1 Å². The monoisotopic (exact) mass is 745 g/mol. The van der Waals surface area contributed by atoms with E-state index in [0.29, 0.717) is 25.7 Å². The number of hydrogen-bond donors (Lipinski definition) is 5. The van der Waals surface area contributed by atoms with Gasteiger partial charge in [-0.2, -0.15) is 0 Å². The highest BCUT2D eigenvalue weighted by Crippen LogP contribution is 2.27.